The molecule has 0 unspecified atom stereocenters. The van der Waals surface area contributed by atoms with Crippen molar-refractivity contribution in [3.8, 4) is 0 Å². The highest BCUT2D eigenvalue weighted by atomic mass is 16.8. The molecule has 0 amide bonds. The van der Waals surface area contributed by atoms with Crippen LogP contribution in [-0.4, -0.2) is 350 Å². The van der Waals surface area contributed by atoms with Gasteiger partial charge in [0.05, 0.1) is 60.9 Å². The summed E-state index contributed by atoms with van der Waals surface area (Å²) in [7, 11) is 0. The van der Waals surface area contributed by atoms with Crippen LogP contribution in [0.3, 0.4) is 0 Å². The molecule has 38 atom stereocenters. The summed E-state index contributed by atoms with van der Waals surface area (Å²) in [5, 5.41) is 150. The lowest BCUT2D eigenvalue weighted by Gasteiger charge is -2.47. The molecule has 8 fully saturated rings. The van der Waals surface area contributed by atoms with Gasteiger partial charge in [0.1, 0.15) is 134 Å². The van der Waals surface area contributed by atoms with Crippen molar-refractivity contribution in [2.24, 2.45) is 68.8 Å². The lowest BCUT2D eigenvalue weighted by atomic mass is 9.84. The van der Waals surface area contributed by atoms with Crippen molar-refractivity contribution in [2.45, 2.75) is 284 Å². The standard InChI is InChI=1S/C54H100N18O24/c55-7-21-33(75)37(79)27(63)49(85-21)91-43-19(61)5-17(59)31(73)47(43)95-53-41(83)45(93-51-29(65)39(81)35(77)23(9-57)87-51)25(89-53)13-71-11-15(67-69-71)3-1-2-4-16-12-72(70-68-16)14-26-46(94-52-30(66)40(82)36(78)24(10-58)88-52)42(84)54(90-26)96-48-32(74)18(60)6-20(62)44(48)92-50-28(64)38(80)34(76)22(8-56)86-50/h11-12,17-54,73-84H,1-10,13-14,55-66H2/t17-,18-,19+,20+,21-,22-,23+,24+,25-,26-,27-,28-,29-,30-,31+,32+,33-,34-,35-,36-,37-,38-,39-,40-,41-,42-,43-,44-,45-,46-,47-,48-,49-,50-,51-,52-,53+,54+/m1/s1. The minimum absolute atomic E-state index is 0.0202. The second-order valence-electron chi connectivity index (χ2n) is 26.2. The molecule has 2 aliphatic carbocycles. The van der Waals surface area contributed by atoms with E-state index in [2.05, 4.69) is 20.6 Å². The first-order valence-electron chi connectivity index (χ1n) is 32.3. The Morgan fingerprint density at radius 3 is 0.896 bits per heavy atom. The SMILES string of the molecule is NC[C@@H]1O[C@H](O[C@H]2[C@@H](O)[C@H](O[C@@H]3[C@@H](O)[C@H](N)C[C@H](N)[C@H]3O[C@H]3O[C@H](CN)[C@@H](O)[C@H](O)[C@H]3N)O[C@@H]2Cn2cc(CCCCc3cn(C[C@H]4O[C@@H](O[C@@H]5[C@@H](O)[C@H](N)C[C@H](N)[C@H]5O[C@H]5O[C@H](CN)[C@@H](O)[C@H](O)[C@H]5N)[C@H](O)[C@@H]4O[C@H]4O[C@@H](CN)[C@@H](O)[C@H](O)[C@H]4N)nn3)nn2)[C@H](N)[C@@H](O)[C@@H]1O. The molecule has 8 heterocycles. The van der Waals surface area contributed by atoms with Crippen LogP contribution in [0.1, 0.15) is 37.1 Å². The maximum atomic E-state index is 12.0. The van der Waals surface area contributed by atoms with Gasteiger partial charge in [-0.1, -0.05) is 10.4 Å². The first-order valence-corrected chi connectivity index (χ1v) is 32.3. The highest BCUT2D eigenvalue weighted by Crippen LogP contribution is 2.38. The summed E-state index contributed by atoms with van der Waals surface area (Å²) in [6.45, 7) is -1.20. The molecule has 0 spiro atoms. The van der Waals surface area contributed by atoms with E-state index in [0.29, 0.717) is 37.1 Å². The van der Waals surface area contributed by atoms with E-state index in [4.69, 9.17) is 126 Å². The van der Waals surface area contributed by atoms with Crippen molar-refractivity contribution >= 4 is 0 Å². The molecule has 10 rings (SSSR count). The smallest absolute Gasteiger partial charge is 0.187 e. The molecule has 6 saturated heterocycles. The number of hydrogen-bond donors (Lipinski definition) is 24. The molecule has 2 saturated carbocycles. The van der Waals surface area contributed by atoms with Gasteiger partial charge in [0.15, 0.2) is 37.7 Å². The largest absolute Gasteiger partial charge is 0.389 e. The van der Waals surface area contributed by atoms with E-state index in [9.17, 15) is 61.3 Å². The highest BCUT2D eigenvalue weighted by molar-refractivity contribution is 5.06. The van der Waals surface area contributed by atoms with E-state index in [1.54, 1.807) is 12.4 Å². The summed E-state index contributed by atoms with van der Waals surface area (Å²) in [6, 6.07) is -9.13. The third kappa shape index (κ3) is 16.0. The number of nitrogens with two attached hydrogens (primary N) is 12. The van der Waals surface area contributed by atoms with E-state index in [-0.39, 0.29) is 52.1 Å². The summed E-state index contributed by atoms with van der Waals surface area (Å²) in [5.74, 6) is 0. The molecule has 36 N–H and O–H groups in total. The maximum absolute atomic E-state index is 12.0. The molecule has 42 nitrogen and oxygen atoms in total. The molecule has 0 bridgehead atoms. The molecule has 6 aliphatic heterocycles. The topological polar surface area (TPSA) is 727 Å². The molecule has 96 heavy (non-hydrogen) atoms. The van der Waals surface area contributed by atoms with Crippen molar-refractivity contribution in [2.75, 3.05) is 26.2 Å². The molecule has 550 valence electrons. The molecule has 0 radical (unpaired) electrons. The third-order valence-electron chi connectivity index (χ3n) is 19.4. The Kier molecular flexibility index (Phi) is 25.5. The van der Waals surface area contributed by atoms with Crippen LogP contribution in [0, 0.1) is 0 Å². The van der Waals surface area contributed by atoms with Crippen LogP contribution in [0.25, 0.3) is 0 Å². The zero-order chi connectivity index (χ0) is 69.5. The van der Waals surface area contributed by atoms with Crippen LogP contribution in [-0.2, 0) is 82.8 Å². The Labute approximate surface area is 549 Å². The second kappa shape index (κ2) is 32.4. The van der Waals surface area contributed by atoms with Gasteiger partial charge in [-0.25, -0.2) is 9.36 Å². The summed E-state index contributed by atoms with van der Waals surface area (Å²) in [6.07, 6.45) is -37.1. The lowest BCUT2D eigenvalue weighted by molar-refractivity contribution is -0.306. The fourth-order valence-electron chi connectivity index (χ4n) is 13.6. The fraction of sp³-hybridized carbons (Fsp3) is 0.926. The van der Waals surface area contributed by atoms with Gasteiger partial charge in [-0.05, 0) is 38.5 Å². The molecule has 8 aliphatic rings. The van der Waals surface area contributed by atoms with Gasteiger partial charge in [-0.2, -0.15) is 0 Å². The zero-order valence-electron chi connectivity index (χ0n) is 52.5. The van der Waals surface area contributed by atoms with Crippen LogP contribution in [0.2, 0.25) is 0 Å². The Balaban J connectivity index is 0.793. The Morgan fingerprint density at radius 1 is 0.333 bits per heavy atom. The van der Waals surface area contributed by atoms with Crippen molar-refractivity contribution in [3.63, 3.8) is 0 Å². The molecule has 2 aromatic rings. The average molecular weight is 1390 g/mol. The Bertz CT molecular complexity index is 2550. The predicted molar refractivity (Wildman–Crippen MR) is 319 cm³/mol. The molecule has 42 heteroatoms. The monoisotopic (exact) mass is 1380 g/mol. The normalized spacial score (nSPS) is 48.8. The zero-order valence-corrected chi connectivity index (χ0v) is 52.5. The first kappa shape index (κ1) is 75.5. The number of ether oxygens (including phenoxy) is 12. The van der Waals surface area contributed by atoms with Gasteiger partial charge in [-0.15, -0.1) is 10.2 Å². The maximum Gasteiger partial charge on any atom is 0.187 e. The van der Waals surface area contributed by atoms with Gasteiger partial charge < -0.3 is 187 Å². The molecular formula is C54H100N18O24. The fourth-order valence-corrected chi connectivity index (χ4v) is 13.6. The van der Waals surface area contributed by atoms with Gasteiger partial charge in [0.25, 0.3) is 0 Å². The molecular weight excluding hydrogens is 1280 g/mol. The van der Waals surface area contributed by atoms with E-state index in [0.717, 1.165) is 0 Å². The average Bonchev–Trinajstić information content (AvgIpc) is 1.43. The quantitative estimate of drug-likeness (QED) is 0.0411. The summed E-state index contributed by atoms with van der Waals surface area (Å²) < 4.78 is 76.5. The Morgan fingerprint density at radius 2 is 0.604 bits per heavy atom. The van der Waals surface area contributed by atoms with Crippen LogP contribution < -0.4 is 68.8 Å². The summed E-state index contributed by atoms with van der Waals surface area (Å²) >= 11 is 0. The van der Waals surface area contributed by atoms with Crippen LogP contribution >= 0.6 is 0 Å². The van der Waals surface area contributed by atoms with Crippen molar-refractivity contribution < 1.29 is 118 Å². The lowest BCUT2D eigenvalue weighted by Crippen LogP contribution is -2.68. The first-order chi connectivity index (χ1) is 45.7. The van der Waals surface area contributed by atoms with E-state index >= 15 is 0 Å². The number of hydrogen-bond acceptors (Lipinski definition) is 40. The highest BCUT2D eigenvalue weighted by Gasteiger charge is 2.58. The predicted octanol–water partition coefficient (Wildman–Crippen LogP) is -16.3. The van der Waals surface area contributed by atoms with E-state index in [1.807, 2.05) is 0 Å². The van der Waals surface area contributed by atoms with E-state index < -0.39 is 233 Å². The molecule has 2 aromatic heterocycles. The Hall–Kier alpha value is -3.16. The second-order valence-corrected chi connectivity index (χ2v) is 26.2. The summed E-state index contributed by atoms with van der Waals surface area (Å²) in [5.41, 5.74) is 75.2. The number of aryl methyl sites for hydroxylation is 2. The van der Waals surface area contributed by atoms with Crippen LogP contribution in [0.5, 0.6) is 0 Å². The number of unbranched alkanes of at least 4 members (excludes halogenated alkanes) is 1. The number of nitrogens with zero attached hydrogens (tertiary/aromatic N) is 6. The number of aromatic nitrogens is 6. The van der Waals surface area contributed by atoms with Crippen molar-refractivity contribution in [3.05, 3.63) is 23.8 Å². The minimum Gasteiger partial charge on any atom is -0.389 e. The van der Waals surface area contributed by atoms with Crippen molar-refractivity contribution in [1.29, 1.82) is 0 Å². The van der Waals surface area contributed by atoms with Crippen molar-refractivity contribution in [1.82, 2.24) is 30.0 Å². The van der Waals surface area contributed by atoms with E-state index in [1.165, 1.54) is 9.36 Å². The third-order valence-corrected chi connectivity index (χ3v) is 19.4. The van der Waals surface area contributed by atoms with Crippen LogP contribution in [0.15, 0.2) is 12.4 Å². The molecule has 0 aromatic carbocycles. The van der Waals surface area contributed by atoms with Gasteiger partial charge in [-0.3, -0.25) is 0 Å². The van der Waals surface area contributed by atoms with Gasteiger partial charge in [0, 0.05) is 62.7 Å². The van der Waals surface area contributed by atoms with Gasteiger partial charge in [0.2, 0.25) is 0 Å². The minimum atomic E-state index is -1.70. The number of aliphatic hydroxyl groups is 12. The number of rotatable bonds is 25. The number of aliphatic hydroxyl groups excluding tert-OH is 12. The van der Waals surface area contributed by atoms with Crippen LogP contribution in [0.4, 0.5) is 0 Å². The summed E-state index contributed by atoms with van der Waals surface area (Å²) in [4.78, 5) is 0. The van der Waals surface area contributed by atoms with Gasteiger partial charge >= 0.3 is 0 Å².